The predicted octanol–water partition coefficient (Wildman–Crippen LogP) is 3.12. The van der Waals surface area contributed by atoms with Crippen LogP contribution in [-0.4, -0.2) is 32.7 Å². The van der Waals surface area contributed by atoms with Gasteiger partial charge < -0.3 is 10.1 Å². The number of amides is 2. The molecule has 25 heavy (non-hydrogen) atoms. The highest BCUT2D eigenvalue weighted by Crippen LogP contribution is 2.26. The van der Waals surface area contributed by atoms with Crippen LogP contribution < -0.4 is 5.32 Å². The average Bonchev–Trinajstić information content (AvgIpc) is 2.84. The Hall–Kier alpha value is -2.74. The third-order valence-electron chi connectivity index (χ3n) is 2.99. The van der Waals surface area contributed by atoms with Crippen molar-refractivity contribution < 1.29 is 14.3 Å². The van der Waals surface area contributed by atoms with Crippen molar-refractivity contribution in [2.24, 2.45) is 4.99 Å². The second kappa shape index (κ2) is 6.64. The lowest BCUT2D eigenvalue weighted by atomic mass is 10.2. The van der Waals surface area contributed by atoms with Crippen molar-refractivity contribution in [3.63, 3.8) is 0 Å². The molecule has 128 valence electrons. The van der Waals surface area contributed by atoms with Crippen LogP contribution in [0.3, 0.4) is 0 Å². The molecule has 3 heterocycles. The number of carbonyl (C=O) groups excluding carboxylic acids is 2. The zero-order valence-electron chi connectivity index (χ0n) is 13.9. The maximum absolute atomic E-state index is 12.0. The summed E-state index contributed by atoms with van der Waals surface area (Å²) in [6.45, 7) is 5.24. The summed E-state index contributed by atoms with van der Waals surface area (Å²) in [4.78, 5) is 36.6. The van der Waals surface area contributed by atoms with Crippen molar-refractivity contribution in [3.8, 4) is 0 Å². The molecule has 2 aromatic rings. The van der Waals surface area contributed by atoms with Crippen molar-refractivity contribution in [1.82, 2.24) is 15.3 Å². The minimum atomic E-state index is -0.744. The van der Waals surface area contributed by atoms with Crippen molar-refractivity contribution >= 4 is 46.0 Å². The number of nitrogens with one attached hydrogen (secondary N) is 1. The molecular weight excluding hydrogens is 340 g/mol. The van der Waals surface area contributed by atoms with Crippen LogP contribution in [0.1, 0.15) is 26.5 Å². The predicted molar refractivity (Wildman–Crippen MR) is 96.9 cm³/mol. The molecule has 1 N–H and O–H groups in total. The van der Waals surface area contributed by atoms with E-state index < -0.39 is 11.7 Å². The molecule has 1 saturated heterocycles. The van der Waals surface area contributed by atoms with Gasteiger partial charge in [0.1, 0.15) is 5.60 Å². The lowest BCUT2D eigenvalue weighted by molar-refractivity contribution is -0.115. The van der Waals surface area contributed by atoms with Gasteiger partial charge in [-0.3, -0.25) is 9.78 Å². The maximum atomic E-state index is 12.0. The van der Waals surface area contributed by atoms with Gasteiger partial charge in [-0.15, -0.1) is 0 Å². The molecule has 2 amide bonds. The van der Waals surface area contributed by atoms with Crippen LogP contribution in [0.15, 0.2) is 40.4 Å². The van der Waals surface area contributed by atoms with Gasteiger partial charge in [-0.1, -0.05) is 0 Å². The Kier molecular flexibility index (Phi) is 4.54. The van der Waals surface area contributed by atoms with E-state index in [4.69, 9.17) is 4.74 Å². The second-order valence-electron chi connectivity index (χ2n) is 6.24. The SMILES string of the molecule is CC(C)(C)OC(=O)/N=C1\NC(=O)/C(=C\c2ccc3ncccc3n2)S1. The Morgan fingerprint density at radius 2 is 2.08 bits per heavy atom. The number of pyridine rings is 2. The highest BCUT2D eigenvalue weighted by Gasteiger charge is 2.26. The minimum Gasteiger partial charge on any atom is -0.442 e. The van der Waals surface area contributed by atoms with Crippen molar-refractivity contribution in [1.29, 1.82) is 0 Å². The van der Waals surface area contributed by atoms with Crippen molar-refractivity contribution in [2.45, 2.75) is 26.4 Å². The van der Waals surface area contributed by atoms with Crippen LogP contribution in [0.2, 0.25) is 0 Å². The third-order valence-corrected chi connectivity index (χ3v) is 3.90. The van der Waals surface area contributed by atoms with Crippen molar-refractivity contribution in [2.75, 3.05) is 0 Å². The molecule has 7 nitrogen and oxygen atoms in total. The van der Waals surface area contributed by atoms with E-state index in [9.17, 15) is 9.59 Å². The zero-order valence-corrected chi connectivity index (χ0v) is 14.8. The van der Waals surface area contributed by atoms with Gasteiger partial charge in [0.2, 0.25) is 0 Å². The number of hydrogen-bond acceptors (Lipinski definition) is 6. The number of hydrogen-bond donors (Lipinski definition) is 1. The molecule has 0 aromatic carbocycles. The molecule has 0 bridgehead atoms. The van der Waals surface area contributed by atoms with E-state index in [2.05, 4.69) is 20.3 Å². The normalized spacial score (nSPS) is 18.0. The quantitative estimate of drug-likeness (QED) is 0.789. The van der Waals surface area contributed by atoms with Gasteiger partial charge in [-0.2, -0.15) is 4.99 Å². The summed E-state index contributed by atoms with van der Waals surface area (Å²) in [6.07, 6.45) is 2.60. The number of carbonyl (C=O) groups is 2. The molecule has 8 heteroatoms. The van der Waals surface area contributed by atoms with Gasteiger partial charge in [0, 0.05) is 6.20 Å². The Balaban J connectivity index is 1.79. The van der Waals surface area contributed by atoms with Gasteiger partial charge in [0.05, 0.1) is 21.6 Å². The number of aliphatic imine (C=N–C) groups is 1. The van der Waals surface area contributed by atoms with Crippen LogP contribution >= 0.6 is 11.8 Å². The molecule has 3 rings (SSSR count). The fourth-order valence-electron chi connectivity index (χ4n) is 2.04. The standard InChI is InChI=1S/C17H16N4O3S/c1-17(2,3)24-16(23)21-15-20-14(22)13(25-15)9-10-6-7-11-12(19-10)5-4-8-18-11/h4-9H,1-3H3,(H,20,21,22,23)/b13-9+. The maximum Gasteiger partial charge on any atom is 0.436 e. The number of fused-ring (bicyclic) bond motifs is 1. The molecule has 0 atom stereocenters. The van der Waals surface area contributed by atoms with E-state index in [0.717, 1.165) is 22.8 Å². The first kappa shape index (κ1) is 17.1. The summed E-state index contributed by atoms with van der Waals surface area (Å²) >= 11 is 1.07. The number of thioether (sulfide) groups is 1. The smallest absolute Gasteiger partial charge is 0.436 e. The first-order valence-corrected chi connectivity index (χ1v) is 8.36. The second-order valence-corrected chi connectivity index (χ2v) is 7.27. The highest BCUT2D eigenvalue weighted by molar-refractivity contribution is 8.18. The lowest BCUT2D eigenvalue weighted by Crippen LogP contribution is -2.25. The van der Waals surface area contributed by atoms with Gasteiger partial charge in [0.15, 0.2) is 5.17 Å². The number of rotatable bonds is 1. The molecule has 0 spiro atoms. The van der Waals surface area contributed by atoms with E-state index in [-0.39, 0.29) is 11.1 Å². The van der Waals surface area contributed by atoms with E-state index >= 15 is 0 Å². The monoisotopic (exact) mass is 356 g/mol. The fourth-order valence-corrected chi connectivity index (χ4v) is 2.83. The number of amidine groups is 1. The summed E-state index contributed by atoms with van der Waals surface area (Å²) in [5.41, 5.74) is 1.50. The van der Waals surface area contributed by atoms with Crippen molar-refractivity contribution in [3.05, 3.63) is 41.1 Å². The molecule has 0 aliphatic carbocycles. The molecule has 2 aromatic heterocycles. The first-order chi connectivity index (χ1) is 11.8. The molecular formula is C17H16N4O3S. The third kappa shape index (κ3) is 4.42. The Morgan fingerprint density at radius 3 is 2.84 bits per heavy atom. The van der Waals surface area contributed by atoms with Gasteiger partial charge >= 0.3 is 6.09 Å². The van der Waals surface area contributed by atoms with Crippen LogP contribution in [0.5, 0.6) is 0 Å². The Morgan fingerprint density at radius 1 is 1.28 bits per heavy atom. The van der Waals surface area contributed by atoms with Crippen LogP contribution in [-0.2, 0) is 9.53 Å². The average molecular weight is 356 g/mol. The largest absolute Gasteiger partial charge is 0.442 e. The van der Waals surface area contributed by atoms with Crippen LogP contribution in [0, 0.1) is 0 Å². The summed E-state index contributed by atoms with van der Waals surface area (Å²) in [5, 5.41) is 2.73. The van der Waals surface area contributed by atoms with Gasteiger partial charge in [0.25, 0.3) is 5.91 Å². The Bertz CT molecular complexity index is 915. The zero-order chi connectivity index (χ0) is 18.0. The van der Waals surface area contributed by atoms with Gasteiger partial charge in [-0.05, 0) is 62.9 Å². The van der Waals surface area contributed by atoms with Crippen LogP contribution in [0.25, 0.3) is 17.1 Å². The van der Waals surface area contributed by atoms with E-state index in [1.54, 1.807) is 45.2 Å². The topological polar surface area (TPSA) is 93.5 Å². The van der Waals surface area contributed by atoms with E-state index in [0.29, 0.717) is 10.6 Å². The molecule has 1 fully saturated rings. The van der Waals surface area contributed by atoms with Gasteiger partial charge in [-0.25, -0.2) is 9.78 Å². The summed E-state index contributed by atoms with van der Waals surface area (Å²) < 4.78 is 5.11. The summed E-state index contributed by atoms with van der Waals surface area (Å²) in [7, 11) is 0. The highest BCUT2D eigenvalue weighted by atomic mass is 32.2. The number of aromatic nitrogens is 2. The summed E-state index contributed by atoms with van der Waals surface area (Å²) in [6, 6.07) is 7.26. The van der Waals surface area contributed by atoms with E-state index in [1.807, 2.05) is 12.1 Å². The summed E-state index contributed by atoms with van der Waals surface area (Å²) in [5.74, 6) is -0.333. The minimum absolute atomic E-state index is 0.188. The number of ether oxygens (including phenoxy) is 1. The fraction of sp³-hybridized carbons (Fsp3) is 0.235. The Labute approximate surface area is 148 Å². The lowest BCUT2D eigenvalue weighted by Gasteiger charge is -2.17. The molecule has 0 unspecified atom stereocenters. The van der Waals surface area contributed by atoms with E-state index in [1.165, 1.54) is 0 Å². The van der Waals surface area contributed by atoms with Crippen LogP contribution in [0.4, 0.5) is 4.79 Å². The molecule has 1 aliphatic heterocycles. The molecule has 0 radical (unpaired) electrons. The number of nitrogens with zero attached hydrogens (tertiary/aromatic N) is 3. The molecule has 1 aliphatic rings. The molecule has 0 saturated carbocycles. The first-order valence-electron chi connectivity index (χ1n) is 7.54.